The van der Waals surface area contributed by atoms with Crippen LogP contribution in [0.25, 0.3) is 11.3 Å². The summed E-state index contributed by atoms with van der Waals surface area (Å²) in [5, 5.41) is 4.24. The number of rotatable bonds is 8. The van der Waals surface area contributed by atoms with Crippen molar-refractivity contribution in [2.75, 3.05) is 13.2 Å². The summed E-state index contributed by atoms with van der Waals surface area (Å²) in [4.78, 5) is 11.6. The molecule has 0 saturated carbocycles. The minimum atomic E-state index is -4.66. The van der Waals surface area contributed by atoms with Gasteiger partial charge in [0.1, 0.15) is 5.75 Å². The first-order chi connectivity index (χ1) is 15.1. The van der Waals surface area contributed by atoms with Crippen LogP contribution in [-0.4, -0.2) is 31.3 Å². The van der Waals surface area contributed by atoms with Gasteiger partial charge in [-0.25, -0.2) is 17.8 Å². The Bertz CT molecular complexity index is 1240. The van der Waals surface area contributed by atoms with Crippen molar-refractivity contribution < 1.29 is 26.3 Å². The van der Waals surface area contributed by atoms with E-state index in [1.54, 1.807) is 30.3 Å². The lowest BCUT2D eigenvalue weighted by Crippen LogP contribution is -2.32. The Morgan fingerprint density at radius 1 is 1.06 bits per heavy atom. The van der Waals surface area contributed by atoms with E-state index in [0.29, 0.717) is 24.1 Å². The van der Waals surface area contributed by atoms with E-state index in [0.717, 1.165) is 28.4 Å². The van der Waals surface area contributed by atoms with Crippen molar-refractivity contribution in [3.63, 3.8) is 0 Å². The van der Waals surface area contributed by atoms with Gasteiger partial charge in [0.2, 0.25) is 10.0 Å². The molecule has 0 aliphatic carbocycles. The SMILES string of the molecule is CCOc1ccc(-c2ccc(=O)n(CCNS(=O)(=O)c3cccc(C(F)(F)F)c3)n2)cc1. The fourth-order valence-electron chi connectivity index (χ4n) is 2.86. The molecule has 0 aliphatic rings. The van der Waals surface area contributed by atoms with Crippen LogP contribution in [0.1, 0.15) is 12.5 Å². The van der Waals surface area contributed by atoms with Gasteiger partial charge in [-0.15, -0.1) is 0 Å². The van der Waals surface area contributed by atoms with E-state index in [4.69, 9.17) is 4.74 Å². The lowest BCUT2D eigenvalue weighted by atomic mass is 10.1. The maximum atomic E-state index is 12.8. The maximum Gasteiger partial charge on any atom is 0.416 e. The molecular weight excluding hydrogens is 447 g/mol. The van der Waals surface area contributed by atoms with Gasteiger partial charge in [-0.05, 0) is 55.5 Å². The number of benzene rings is 2. The first kappa shape index (κ1) is 23.5. The summed E-state index contributed by atoms with van der Waals surface area (Å²) in [5.74, 6) is 0.688. The van der Waals surface area contributed by atoms with Gasteiger partial charge in [0.25, 0.3) is 5.56 Å². The van der Waals surface area contributed by atoms with Crippen molar-refractivity contribution in [3.8, 4) is 17.0 Å². The Morgan fingerprint density at radius 3 is 2.44 bits per heavy atom. The second kappa shape index (κ2) is 9.53. The fourth-order valence-corrected chi connectivity index (χ4v) is 3.93. The molecule has 2 aromatic carbocycles. The van der Waals surface area contributed by atoms with Crippen molar-refractivity contribution in [1.29, 1.82) is 0 Å². The van der Waals surface area contributed by atoms with Crippen LogP contribution in [0.3, 0.4) is 0 Å². The smallest absolute Gasteiger partial charge is 0.416 e. The third-order valence-corrected chi connectivity index (χ3v) is 5.87. The number of aromatic nitrogens is 2. The summed E-state index contributed by atoms with van der Waals surface area (Å²) in [7, 11) is -4.21. The largest absolute Gasteiger partial charge is 0.494 e. The second-order valence-corrected chi connectivity index (χ2v) is 8.43. The molecule has 0 radical (unpaired) electrons. The molecule has 0 atom stereocenters. The topological polar surface area (TPSA) is 90.3 Å². The van der Waals surface area contributed by atoms with Gasteiger partial charge in [-0.1, -0.05) is 6.07 Å². The third kappa shape index (κ3) is 5.74. The quantitative estimate of drug-likeness (QED) is 0.549. The van der Waals surface area contributed by atoms with Crippen molar-refractivity contribution in [2.45, 2.75) is 24.5 Å². The van der Waals surface area contributed by atoms with E-state index < -0.39 is 32.2 Å². The molecule has 1 heterocycles. The monoisotopic (exact) mass is 467 g/mol. The van der Waals surface area contributed by atoms with Crippen molar-refractivity contribution >= 4 is 10.0 Å². The third-order valence-electron chi connectivity index (χ3n) is 4.42. The van der Waals surface area contributed by atoms with E-state index in [-0.39, 0.29) is 13.1 Å². The van der Waals surface area contributed by atoms with Crippen LogP contribution in [0.5, 0.6) is 5.75 Å². The van der Waals surface area contributed by atoms with Crippen LogP contribution in [0.15, 0.2) is 70.4 Å². The lowest BCUT2D eigenvalue weighted by molar-refractivity contribution is -0.137. The standard InChI is InChI=1S/C21H20F3N3O4S/c1-2-31-17-8-6-15(7-9-17)19-10-11-20(28)27(26-19)13-12-25-32(29,30)18-5-3-4-16(14-18)21(22,23)24/h3-11,14,25H,2,12-13H2,1H3. The molecule has 7 nitrogen and oxygen atoms in total. The zero-order valence-electron chi connectivity index (χ0n) is 17.0. The van der Waals surface area contributed by atoms with E-state index in [2.05, 4.69) is 9.82 Å². The van der Waals surface area contributed by atoms with Gasteiger partial charge >= 0.3 is 6.18 Å². The number of nitrogens with one attached hydrogen (secondary N) is 1. The second-order valence-electron chi connectivity index (χ2n) is 6.66. The summed E-state index contributed by atoms with van der Waals surface area (Å²) < 4.78 is 71.9. The number of sulfonamides is 1. The Labute approximate surface area is 182 Å². The van der Waals surface area contributed by atoms with E-state index in [1.165, 1.54) is 6.07 Å². The highest BCUT2D eigenvalue weighted by Gasteiger charge is 2.31. The fraction of sp³-hybridized carbons (Fsp3) is 0.238. The molecule has 1 aromatic heterocycles. The van der Waals surface area contributed by atoms with Crippen molar-refractivity contribution in [3.05, 3.63) is 76.6 Å². The molecule has 0 aliphatic heterocycles. The number of ether oxygens (including phenoxy) is 1. The molecule has 32 heavy (non-hydrogen) atoms. The Morgan fingerprint density at radius 2 is 1.78 bits per heavy atom. The molecule has 170 valence electrons. The van der Waals surface area contributed by atoms with E-state index in [1.807, 2.05) is 6.92 Å². The van der Waals surface area contributed by atoms with Gasteiger partial charge in [0.15, 0.2) is 0 Å². The number of hydrogen-bond acceptors (Lipinski definition) is 5. The molecule has 11 heteroatoms. The first-order valence-electron chi connectivity index (χ1n) is 9.58. The molecule has 1 N–H and O–H groups in total. The predicted octanol–water partition coefficient (Wildman–Crippen LogP) is 3.31. The van der Waals surface area contributed by atoms with Crippen LogP contribution in [-0.2, 0) is 22.7 Å². The van der Waals surface area contributed by atoms with Gasteiger partial charge in [0, 0.05) is 18.2 Å². The van der Waals surface area contributed by atoms with Crippen LogP contribution < -0.4 is 15.0 Å². The van der Waals surface area contributed by atoms with Gasteiger partial charge < -0.3 is 4.74 Å². The van der Waals surface area contributed by atoms with Crippen molar-refractivity contribution in [1.82, 2.24) is 14.5 Å². The average molecular weight is 467 g/mol. The number of halogens is 3. The molecule has 3 rings (SSSR count). The predicted molar refractivity (Wildman–Crippen MR) is 112 cm³/mol. The van der Waals surface area contributed by atoms with Crippen LogP contribution in [0.4, 0.5) is 13.2 Å². The van der Waals surface area contributed by atoms with Gasteiger partial charge in [-0.3, -0.25) is 4.79 Å². The number of hydrogen-bond donors (Lipinski definition) is 1. The zero-order valence-corrected chi connectivity index (χ0v) is 17.8. The molecule has 0 amide bonds. The van der Waals surface area contributed by atoms with E-state index in [9.17, 15) is 26.4 Å². The maximum absolute atomic E-state index is 12.8. The molecule has 0 fully saturated rings. The number of nitrogens with zero attached hydrogens (tertiary/aromatic N) is 2. The molecule has 3 aromatic rings. The van der Waals surface area contributed by atoms with Crippen molar-refractivity contribution in [2.24, 2.45) is 0 Å². The zero-order chi connectivity index (χ0) is 23.4. The Hall–Kier alpha value is -3.18. The Kier molecular flexibility index (Phi) is 6.99. The van der Waals surface area contributed by atoms with Gasteiger partial charge in [0.05, 0.1) is 29.3 Å². The highest BCUT2D eigenvalue weighted by atomic mass is 32.2. The Balaban J connectivity index is 1.72. The van der Waals surface area contributed by atoms with Crippen LogP contribution >= 0.6 is 0 Å². The summed E-state index contributed by atoms with van der Waals surface area (Å²) in [6.45, 7) is 2.05. The highest BCUT2D eigenvalue weighted by Crippen LogP contribution is 2.30. The first-order valence-corrected chi connectivity index (χ1v) is 11.1. The van der Waals surface area contributed by atoms with Gasteiger partial charge in [-0.2, -0.15) is 18.3 Å². The minimum absolute atomic E-state index is 0.109. The summed E-state index contributed by atoms with van der Waals surface area (Å²) >= 11 is 0. The summed E-state index contributed by atoms with van der Waals surface area (Å²) in [6, 6.07) is 13.4. The van der Waals surface area contributed by atoms with Crippen LogP contribution in [0, 0.1) is 0 Å². The highest BCUT2D eigenvalue weighted by molar-refractivity contribution is 7.89. The van der Waals surface area contributed by atoms with E-state index >= 15 is 0 Å². The molecule has 0 bridgehead atoms. The number of alkyl halides is 3. The minimum Gasteiger partial charge on any atom is -0.494 e. The summed E-state index contributed by atoms with van der Waals surface area (Å²) in [6.07, 6.45) is -4.66. The molecule has 0 saturated heterocycles. The molecular formula is C21H20F3N3O4S. The molecule has 0 unspecified atom stereocenters. The normalized spacial score (nSPS) is 12.0. The lowest BCUT2D eigenvalue weighted by Gasteiger charge is -2.11. The summed E-state index contributed by atoms with van der Waals surface area (Å²) in [5.41, 5.74) is -0.292. The average Bonchev–Trinajstić information content (AvgIpc) is 2.75. The molecule has 0 spiro atoms. The van der Waals surface area contributed by atoms with Crippen LogP contribution in [0.2, 0.25) is 0 Å².